The Morgan fingerprint density at radius 3 is 2.46 bits per heavy atom. The Labute approximate surface area is 80.6 Å². The van der Waals surface area contributed by atoms with E-state index in [-0.39, 0.29) is 5.97 Å². The molecule has 0 aliphatic heterocycles. The molecule has 1 unspecified atom stereocenters. The first-order valence-electron chi connectivity index (χ1n) is 5.12. The van der Waals surface area contributed by atoms with Gasteiger partial charge in [-0.05, 0) is 13.3 Å². The maximum Gasteiger partial charge on any atom is 0.307 e. The lowest BCUT2D eigenvalue weighted by molar-refractivity contribution is -0.148. The number of rotatable bonds is 7. The van der Waals surface area contributed by atoms with Crippen LogP contribution in [0.25, 0.3) is 0 Å². The summed E-state index contributed by atoms with van der Waals surface area (Å²) in [6.07, 6.45) is 5.76. The van der Waals surface area contributed by atoms with Crippen LogP contribution in [0.4, 0.5) is 0 Å². The zero-order valence-corrected chi connectivity index (χ0v) is 8.71. The van der Waals surface area contributed by atoms with Crippen LogP contribution in [0.2, 0.25) is 0 Å². The highest BCUT2D eigenvalue weighted by Gasteiger charge is 2.04. The van der Waals surface area contributed by atoms with Gasteiger partial charge in [0.25, 0.3) is 0 Å². The molecule has 0 heterocycles. The van der Waals surface area contributed by atoms with E-state index < -0.39 is 6.23 Å². The SMILES string of the molecule is CCCCCCCC(=O)OC(C)N. The van der Waals surface area contributed by atoms with E-state index in [2.05, 4.69) is 6.92 Å². The van der Waals surface area contributed by atoms with Crippen LogP contribution in [0, 0.1) is 0 Å². The van der Waals surface area contributed by atoms with Gasteiger partial charge in [-0.25, -0.2) is 0 Å². The molecule has 78 valence electrons. The second-order valence-electron chi connectivity index (χ2n) is 3.36. The normalized spacial score (nSPS) is 12.5. The van der Waals surface area contributed by atoms with Crippen LogP contribution >= 0.6 is 0 Å². The molecule has 2 N–H and O–H groups in total. The van der Waals surface area contributed by atoms with Crippen molar-refractivity contribution in [1.82, 2.24) is 0 Å². The summed E-state index contributed by atoms with van der Waals surface area (Å²) >= 11 is 0. The number of unbranched alkanes of at least 4 members (excludes halogenated alkanes) is 4. The molecule has 0 amide bonds. The maximum absolute atomic E-state index is 11.0. The van der Waals surface area contributed by atoms with Crippen LogP contribution in [0.5, 0.6) is 0 Å². The zero-order valence-electron chi connectivity index (χ0n) is 8.71. The quantitative estimate of drug-likeness (QED) is 0.377. The summed E-state index contributed by atoms with van der Waals surface area (Å²) in [6.45, 7) is 3.83. The van der Waals surface area contributed by atoms with Crippen molar-refractivity contribution < 1.29 is 9.53 Å². The molecule has 1 atom stereocenters. The minimum absolute atomic E-state index is 0.175. The Kier molecular flexibility index (Phi) is 7.69. The van der Waals surface area contributed by atoms with Crippen LogP contribution in [-0.4, -0.2) is 12.2 Å². The molecule has 3 heteroatoms. The van der Waals surface area contributed by atoms with E-state index in [9.17, 15) is 4.79 Å². The van der Waals surface area contributed by atoms with E-state index in [0.717, 1.165) is 12.8 Å². The molecule has 0 aromatic rings. The molecule has 0 spiro atoms. The Morgan fingerprint density at radius 1 is 1.31 bits per heavy atom. The van der Waals surface area contributed by atoms with Crippen LogP contribution in [0.3, 0.4) is 0 Å². The lowest BCUT2D eigenvalue weighted by atomic mass is 10.1. The molecule has 0 aromatic carbocycles. The molecule has 0 rings (SSSR count). The summed E-state index contributed by atoms with van der Waals surface area (Å²) in [6, 6.07) is 0. The Morgan fingerprint density at radius 2 is 1.92 bits per heavy atom. The van der Waals surface area contributed by atoms with E-state index in [1.165, 1.54) is 19.3 Å². The lowest BCUT2D eigenvalue weighted by Gasteiger charge is -2.06. The molecule has 0 aromatic heterocycles. The number of carbonyl (C=O) groups is 1. The van der Waals surface area contributed by atoms with Crippen LogP contribution < -0.4 is 5.73 Å². The number of esters is 1. The van der Waals surface area contributed by atoms with Crippen molar-refractivity contribution in [3.63, 3.8) is 0 Å². The summed E-state index contributed by atoms with van der Waals surface area (Å²) in [5.41, 5.74) is 5.30. The first-order chi connectivity index (χ1) is 6.16. The number of ether oxygens (including phenoxy) is 1. The third-order valence-electron chi connectivity index (χ3n) is 1.80. The third kappa shape index (κ3) is 9.34. The standard InChI is InChI=1S/C10H21NO2/c1-3-4-5-6-7-8-10(12)13-9(2)11/h9H,3-8,11H2,1-2H3. The Balaban J connectivity index is 3.17. The number of hydrogen-bond acceptors (Lipinski definition) is 3. The van der Waals surface area contributed by atoms with Crippen molar-refractivity contribution >= 4 is 5.97 Å². The first kappa shape index (κ1) is 12.4. The molecule has 0 radical (unpaired) electrons. The highest BCUT2D eigenvalue weighted by atomic mass is 16.5. The van der Waals surface area contributed by atoms with Crippen LogP contribution in [0.1, 0.15) is 52.4 Å². The number of hydrogen-bond donors (Lipinski definition) is 1. The molecular formula is C10H21NO2. The lowest BCUT2D eigenvalue weighted by Crippen LogP contribution is -2.23. The van der Waals surface area contributed by atoms with Gasteiger partial charge in [0.05, 0.1) is 0 Å². The van der Waals surface area contributed by atoms with Gasteiger partial charge in [0.1, 0.15) is 6.23 Å². The highest BCUT2D eigenvalue weighted by Crippen LogP contribution is 2.05. The fraction of sp³-hybridized carbons (Fsp3) is 0.900. The molecule has 0 bridgehead atoms. The van der Waals surface area contributed by atoms with E-state index in [1.54, 1.807) is 6.92 Å². The molecule has 0 fully saturated rings. The summed E-state index contributed by atoms with van der Waals surface area (Å²) in [4.78, 5) is 11.0. The van der Waals surface area contributed by atoms with E-state index in [0.29, 0.717) is 6.42 Å². The second kappa shape index (κ2) is 8.05. The maximum atomic E-state index is 11.0. The predicted molar refractivity (Wildman–Crippen MR) is 53.1 cm³/mol. The summed E-state index contributed by atoms with van der Waals surface area (Å²) in [5, 5.41) is 0. The van der Waals surface area contributed by atoms with Crippen molar-refractivity contribution in [2.45, 2.75) is 58.6 Å². The predicted octanol–water partition coefficient (Wildman–Crippen LogP) is 2.19. The third-order valence-corrected chi connectivity index (χ3v) is 1.80. The van der Waals surface area contributed by atoms with Crippen LogP contribution in [0.15, 0.2) is 0 Å². The average Bonchev–Trinajstić information content (AvgIpc) is 2.02. The second-order valence-corrected chi connectivity index (χ2v) is 3.36. The fourth-order valence-electron chi connectivity index (χ4n) is 1.14. The number of nitrogens with two attached hydrogens (primary N) is 1. The van der Waals surface area contributed by atoms with Crippen molar-refractivity contribution in [2.75, 3.05) is 0 Å². The average molecular weight is 187 g/mol. The fourth-order valence-corrected chi connectivity index (χ4v) is 1.14. The van der Waals surface area contributed by atoms with Crippen molar-refractivity contribution in [3.05, 3.63) is 0 Å². The topological polar surface area (TPSA) is 52.3 Å². The minimum Gasteiger partial charge on any atom is -0.447 e. The van der Waals surface area contributed by atoms with Gasteiger partial charge in [0.2, 0.25) is 0 Å². The van der Waals surface area contributed by atoms with Gasteiger partial charge in [0, 0.05) is 6.42 Å². The largest absolute Gasteiger partial charge is 0.447 e. The van der Waals surface area contributed by atoms with E-state index >= 15 is 0 Å². The monoisotopic (exact) mass is 187 g/mol. The molecule has 0 saturated heterocycles. The van der Waals surface area contributed by atoms with E-state index in [4.69, 9.17) is 10.5 Å². The summed E-state index contributed by atoms with van der Waals surface area (Å²) in [5.74, 6) is -0.175. The van der Waals surface area contributed by atoms with Crippen LogP contribution in [-0.2, 0) is 9.53 Å². The molecule has 3 nitrogen and oxygen atoms in total. The minimum atomic E-state index is -0.469. The van der Waals surface area contributed by atoms with Gasteiger partial charge in [-0.1, -0.05) is 32.6 Å². The van der Waals surface area contributed by atoms with Crippen molar-refractivity contribution in [2.24, 2.45) is 5.73 Å². The van der Waals surface area contributed by atoms with Gasteiger partial charge in [-0.3, -0.25) is 10.5 Å². The van der Waals surface area contributed by atoms with Crippen molar-refractivity contribution in [1.29, 1.82) is 0 Å². The molecule has 0 saturated carbocycles. The Hall–Kier alpha value is -0.570. The first-order valence-corrected chi connectivity index (χ1v) is 5.12. The van der Waals surface area contributed by atoms with Gasteiger partial charge < -0.3 is 4.74 Å². The molecule has 0 aliphatic rings. The zero-order chi connectivity index (χ0) is 10.1. The van der Waals surface area contributed by atoms with Gasteiger partial charge in [-0.2, -0.15) is 0 Å². The smallest absolute Gasteiger partial charge is 0.307 e. The summed E-state index contributed by atoms with van der Waals surface area (Å²) < 4.78 is 4.80. The Bertz CT molecular complexity index is 135. The molecule has 0 aliphatic carbocycles. The van der Waals surface area contributed by atoms with Gasteiger partial charge in [-0.15, -0.1) is 0 Å². The van der Waals surface area contributed by atoms with Gasteiger partial charge in [0.15, 0.2) is 0 Å². The number of carbonyl (C=O) groups excluding carboxylic acids is 1. The van der Waals surface area contributed by atoms with Crippen molar-refractivity contribution in [3.8, 4) is 0 Å². The molecule has 13 heavy (non-hydrogen) atoms. The summed E-state index contributed by atoms with van der Waals surface area (Å²) in [7, 11) is 0. The highest BCUT2D eigenvalue weighted by molar-refractivity contribution is 5.69. The van der Waals surface area contributed by atoms with E-state index in [1.807, 2.05) is 0 Å². The molecular weight excluding hydrogens is 166 g/mol. The van der Waals surface area contributed by atoms with Gasteiger partial charge >= 0.3 is 5.97 Å².